The van der Waals surface area contributed by atoms with Crippen molar-refractivity contribution in [3.8, 4) is 0 Å². The van der Waals surface area contributed by atoms with Crippen LogP contribution < -0.4 is 5.73 Å². The number of rotatable bonds is 2. The summed E-state index contributed by atoms with van der Waals surface area (Å²) in [6.07, 6.45) is 9.26. The van der Waals surface area contributed by atoms with Crippen LogP contribution in [0.3, 0.4) is 0 Å². The van der Waals surface area contributed by atoms with E-state index in [1.165, 1.54) is 50.8 Å². The Kier molecular flexibility index (Phi) is 3.11. The van der Waals surface area contributed by atoms with Gasteiger partial charge in [-0.1, -0.05) is 40.0 Å². The highest BCUT2D eigenvalue weighted by Crippen LogP contribution is 2.44. The van der Waals surface area contributed by atoms with Crippen LogP contribution in [0.1, 0.15) is 89.2 Å². The van der Waals surface area contributed by atoms with Gasteiger partial charge in [-0.3, -0.25) is 0 Å². The first-order chi connectivity index (χ1) is 8.98. The number of anilines is 1. The molecular weight excluding hydrogens is 234 g/mol. The monoisotopic (exact) mass is 261 g/mol. The van der Waals surface area contributed by atoms with Gasteiger partial charge >= 0.3 is 0 Å². The van der Waals surface area contributed by atoms with Crippen LogP contribution in [0.4, 0.5) is 5.82 Å². The van der Waals surface area contributed by atoms with Gasteiger partial charge in [0.25, 0.3) is 0 Å². The predicted octanol–water partition coefficient (Wildman–Crippen LogP) is 4.15. The highest BCUT2D eigenvalue weighted by atomic mass is 15.2. The molecule has 0 saturated heterocycles. The number of aromatic nitrogens is 2. The molecule has 2 fully saturated rings. The lowest BCUT2D eigenvalue weighted by Crippen LogP contribution is -2.15. The van der Waals surface area contributed by atoms with Crippen LogP contribution in [0.2, 0.25) is 0 Å². The van der Waals surface area contributed by atoms with Gasteiger partial charge in [-0.05, 0) is 25.7 Å². The van der Waals surface area contributed by atoms with Crippen molar-refractivity contribution < 1.29 is 0 Å². The van der Waals surface area contributed by atoms with E-state index in [0.717, 1.165) is 11.5 Å². The molecule has 3 rings (SSSR count). The van der Waals surface area contributed by atoms with Crippen molar-refractivity contribution in [1.82, 2.24) is 9.55 Å². The maximum Gasteiger partial charge on any atom is 0.127 e. The van der Waals surface area contributed by atoms with Crippen molar-refractivity contribution in [3.05, 3.63) is 11.5 Å². The summed E-state index contributed by atoms with van der Waals surface area (Å²) in [5.74, 6) is 2.88. The van der Waals surface area contributed by atoms with E-state index in [1.54, 1.807) is 0 Å². The zero-order valence-corrected chi connectivity index (χ0v) is 12.6. The van der Waals surface area contributed by atoms with Crippen LogP contribution in [0.25, 0.3) is 0 Å². The second-order valence-electron chi connectivity index (χ2n) is 7.39. The predicted molar refractivity (Wildman–Crippen MR) is 79.4 cm³/mol. The normalized spacial score (nSPS) is 21.8. The summed E-state index contributed by atoms with van der Waals surface area (Å²) in [6.45, 7) is 6.65. The van der Waals surface area contributed by atoms with E-state index in [-0.39, 0.29) is 5.41 Å². The van der Waals surface area contributed by atoms with E-state index >= 15 is 0 Å². The molecule has 0 radical (unpaired) electrons. The molecule has 0 unspecified atom stereocenters. The van der Waals surface area contributed by atoms with E-state index in [0.29, 0.717) is 12.0 Å². The summed E-state index contributed by atoms with van der Waals surface area (Å²) < 4.78 is 2.39. The Labute approximate surface area is 116 Å². The standard InChI is InChI=1S/C16H27N3/c1-16(2,3)13-14(17)19(12-9-10-12)15(18-13)11-7-5-4-6-8-11/h11-12H,4-10,17H2,1-3H3. The maximum absolute atomic E-state index is 6.44. The fraction of sp³-hybridized carbons (Fsp3) is 0.812. The molecule has 2 aliphatic carbocycles. The first-order valence-corrected chi connectivity index (χ1v) is 7.86. The molecule has 2 N–H and O–H groups in total. The number of hydrogen-bond donors (Lipinski definition) is 1. The summed E-state index contributed by atoms with van der Waals surface area (Å²) in [5, 5.41) is 0. The van der Waals surface area contributed by atoms with Gasteiger partial charge in [0.15, 0.2) is 0 Å². The first kappa shape index (κ1) is 13.0. The highest BCUT2D eigenvalue weighted by molar-refractivity contribution is 5.44. The average molecular weight is 261 g/mol. The van der Waals surface area contributed by atoms with Crippen molar-refractivity contribution in [2.24, 2.45) is 0 Å². The molecule has 3 nitrogen and oxygen atoms in total. The SMILES string of the molecule is CC(C)(C)c1nc(C2CCCCC2)n(C2CC2)c1N. The minimum Gasteiger partial charge on any atom is -0.384 e. The number of nitrogens with two attached hydrogens (primary N) is 1. The van der Waals surface area contributed by atoms with Crippen LogP contribution in [-0.4, -0.2) is 9.55 Å². The minimum atomic E-state index is 0.0492. The van der Waals surface area contributed by atoms with Crippen molar-refractivity contribution in [2.75, 3.05) is 5.73 Å². The molecule has 0 amide bonds. The Morgan fingerprint density at radius 2 is 1.68 bits per heavy atom. The van der Waals surface area contributed by atoms with Crippen LogP contribution in [-0.2, 0) is 5.41 Å². The van der Waals surface area contributed by atoms with Gasteiger partial charge in [-0.25, -0.2) is 4.98 Å². The quantitative estimate of drug-likeness (QED) is 0.869. The lowest BCUT2D eigenvalue weighted by atomic mass is 9.88. The fourth-order valence-corrected chi connectivity index (χ4v) is 3.38. The van der Waals surface area contributed by atoms with E-state index < -0.39 is 0 Å². The van der Waals surface area contributed by atoms with Crippen LogP contribution in [0, 0.1) is 0 Å². The third-order valence-corrected chi connectivity index (χ3v) is 4.57. The molecule has 106 valence electrons. The third kappa shape index (κ3) is 2.39. The Morgan fingerprint density at radius 1 is 1.05 bits per heavy atom. The summed E-state index contributed by atoms with van der Waals surface area (Å²) in [5.41, 5.74) is 7.60. The first-order valence-electron chi connectivity index (χ1n) is 7.86. The molecule has 3 heteroatoms. The summed E-state index contributed by atoms with van der Waals surface area (Å²) in [7, 11) is 0. The van der Waals surface area contributed by atoms with Crippen molar-refractivity contribution in [2.45, 2.75) is 83.1 Å². The van der Waals surface area contributed by atoms with Gasteiger partial charge in [-0.15, -0.1) is 0 Å². The van der Waals surface area contributed by atoms with E-state index in [4.69, 9.17) is 10.7 Å². The molecule has 0 aliphatic heterocycles. The molecular formula is C16H27N3. The number of nitrogens with zero attached hydrogens (tertiary/aromatic N) is 2. The summed E-state index contributed by atoms with van der Waals surface area (Å²) >= 11 is 0. The highest BCUT2D eigenvalue weighted by Gasteiger charge is 2.35. The van der Waals surface area contributed by atoms with E-state index in [1.807, 2.05) is 0 Å². The van der Waals surface area contributed by atoms with Crippen molar-refractivity contribution in [3.63, 3.8) is 0 Å². The smallest absolute Gasteiger partial charge is 0.127 e. The zero-order chi connectivity index (χ0) is 13.6. The van der Waals surface area contributed by atoms with Gasteiger partial charge in [0, 0.05) is 17.4 Å². The molecule has 0 spiro atoms. The molecule has 19 heavy (non-hydrogen) atoms. The van der Waals surface area contributed by atoms with Crippen molar-refractivity contribution >= 4 is 5.82 Å². The summed E-state index contributed by atoms with van der Waals surface area (Å²) in [6, 6.07) is 0.639. The Balaban J connectivity index is 2.02. The van der Waals surface area contributed by atoms with Gasteiger partial charge in [0.1, 0.15) is 11.6 Å². The molecule has 2 saturated carbocycles. The molecule has 0 atom stereocenters. The van der Waals surface area contributed by atoms with Gasteiger partial charge in [0.2, 0.25) is 0 Å². The van der Waals surface area contributed by atoms with Gasteiger partial charge in [0.05, 0.1) is 5.69 Å². The fourth-order valence-electron chi connectivity index (χ4n) is 3.38. The van der Waals surface area contributed by atoms with Crippen LogP contribution in [0.15, 0.2) is 0 Å². The Bertz CT molecular complexity index is 457. The topological polar surface area (TPSA) is 43.8 Å². The van der Waals surface area contributed by atoms with E-state index in [2.05, 4.69) is 25.3 Å². The number of imidazole rings is 1. The van der Waals surface area contributed by atoms with Gasteiger partial charge in [-0.2, -0.15) is 0 Å². The van der Waals surface area contributed by atoms with Crippen LogP contribution in [0.5, 0.6) is 0 Å². The third-order valence-electron chi connectivity index (χ3n) is 4.57. The second-order valence-corrected chi connectivity index (χ2v) is 7.39. The lowest BCUT2D eigenvalue weighted by molar-refractivity contribution is 0.415. The van der Waals surface area contributed by atoms with Gasteiger partial charge < -0.3 is 10.3 Å². The molecule has 1 aromatic rings. The Morgan fingerprint density at radius 3 is 2.21 bits per heavy atom. The largest absolute Gasteiger partial charge is 0.384 e. The van der Waals surface area contributed by atoms with Crippen molar-refractivity contribution in [1.29, 1.82) is 0 Å². The number of hydrogen-bond acceptors (Lipinski definition) is 2. The average Bonchev–Trinajstić information content (AvgIpc) is 3.12. The molecule has 0 aromatic carbocycles. The van der Waals surface area contributed by atoms with Crippen LogP contribution >= 0.6 is 0 Å². The summed E-state index contributed by atoms with van der Waals surface area (Å²) in [4.78, 5) is 5.00. The number of nitrogen functional groups attached to an aromatic ring is 1. The second kappa shape index (κ2) is 4.53. The zero-order valence-electron chi connectivity index (χ0n) is 12.6. The van der Waals surface area contributed by atoms with E-state index in [9.17, 15) is 0 Å². The molecule has 2 aliphatic rings. The maximum atomic E-state index is 6.44. The minimum absolute atomic E-state index is 0.0492. The lowest BCUT2D eigenvalue weighted by Gasteiger charge is -2.22. The molecule has 0 bridgehead atoms. The Hall–Kier alpha value is -0.990. The molecule has 1 aromatic heterocycles. The molecule has 1 heterocycles.